The molecule has 0 aromatic carbocycles. The SMILES string of the molecule is CC(C)=C/C(C)=C/CCCl. The first-order valence-corrected chi connectivity index (χ1v) is 4.08. The third-order valence-corrected chi connectivity index (χ3v) is 1.31. The summed E-state index contributed by atoms with van der Waals surface area (Å²) < 4.78 is 0. The first kappa shape index (κ1) is 9.77. The molecule has 0 heterocycles. The van der Waals surface area contributed by atoms with Crippen molar-refractivity contribution < 1.29 is 0 Å². The van der Waals surface area contributed by atoms with E-state index in [0.717, 1.165) is 6.42 Å². The number of rotatable bonds is 3. The van der Waals surface area contributed by atoms with Crippen LogP contribution in [0.4, 0.5) is 0 Å². The second-order valence-electron chi connectivity index (χ2n) is 2.65. The van der Waals surface area contributed by atoms with Gasteiger partial charge in [-0.2, -0.15) is 0 Å². The molecule has 0 spiro atoms. The largest absolute Gasteiger partial charge is 0.126 e. The van der Waals surface area contributed by atoms with E-state index in [9.17, 15) is 0 Å². The molecule has 58 valence electrons. The van der Waals surface area contributed by atoms with Crippen LogP contribution in [-0.4, -0.2) is 5.88 Å². The fraction of sp³-hybridized carbons (Fsp3) is 0.556. The Bertz CT molecular complexity index is 139. The van der Waals surface area contributed by atoms with E-state index >= 15 is 0 Å². The van der Waals surface area contributed by atoms with Crippen LogP contribution in [-0.2, 0) is 0 Å². The molecule has 0 saturated heterocycles. The van der Waals surface area contributed by atoms with Gasteiger partial charge in [0.15, 0.2) is 0 Å². The zero-order chi connectivity index (χ0) is 7.98. The van der Waals surface area contributed by atoms with Gasteiger partial charge in [-0.3, -0.25) is 0 Å². The van der Waals surface area contributed by atoms with Gasteiger partial charge in [0.05, 0.1) is 0 Å². The minimum atomic E-state index is 0.716. The van der Waals surface area contributed by atoms with Crippen molar-refractivity contribution in [3.8, 4) is 0 Å². The minimum Gasteiger partial charge on any atom is -0.126 e. The molecule has 0 rings (SSSR count). The highest BCUT2D eigenvalue weighted by atomic mass is 35.5. The Morgan fingerprint density at radius 1 is 1.30 bits per heavy atom. The van der Waals surface area contributed by atoms with E-state index in [0.29, 0.717) is 5.88 Å². The lowest BCUT2D eigenvalue weighted by Crippen LogP contribution is -1.73. The van der Waals surface area contributed by atoms with E-state index in [-0.39, 0.29) is 0 Å². The summed E-state index contributed by atoms with van der Waals surface area (Å²) in [6.45, 7) is 6.29. The molecule has 0 aromatic rings. The molecule has 0 atom stereocenters. The average Bonchev–Trinajstić information content (AvgIpc) is 1.82. The van der Waals surface area contributed by atoms with Crippen LogP contribution in [0.2, 0.25) is 0 Å². The summed E-state index contributed by atoms with van der Waals surface area (Å²) in [6, 6.07) is 0. The second-order valence-corrected chi connectivity index (χ2v) is 3.03. The Kier molecular flexibility index (Phi) is 5.42. The van der Waals surface area contributed by atoms with Crippen molar-refractivity contribution in [3.05, 3.63) is 23.3 Å². The van der Waals surface area contributed by atoms with Crippen molar-refractivity contribution in [2.45, 2.75) is 27.2 Å². The van der Waals surface area contributed by atoms with Crippen LogP contribution in [0.3, 0.4) is 0 Å². The molecule has 0 unspecified atom stereocenters. The Hall–Kier alpha value is -0.230. The summed E-state index contributed by atoms with van der Waals surface area (Å²) in [5, 5.41) is 0. The summed E-state index contributed by atoms with van der Waals surface area (Å²) >= 11 is 5.52. The van der Waals surface area contributed by atoms with Crippen LogP contribution >= 0.6 is 11.6 Å². The molecule has 0 saturated carbocycles. The van der Waals surface area contributed by atoms with Crippen molar-refractivity contribution in [2.24, 2.45) is 0 Å². The van der Waals surface area contributed by atoms with Gasteiger partial charge in [-0.05, 0) is 27.2 Å². The number of allylic oxidation sites excluding steroid dienone is 4. The lowest BCUT2D eigenvalue weighted by atomic mass is 10.2. The van der Waals surface area contributed by atoms with Gasteiger partial charge >= 0.3 is 0 Å². The summed E-state index contributed by atoms with van der Waals surface area (Å²) in [5.41, 5.74) is 2.64. The Morgan fingerprint density at radius 3 is 2.30 bits per heavy atom. The van der Waals surface area contributed by atoms with Crippen LogP contribution in [0, 0.1) is 0 Å². The molecule has 0 aliphatic rings. The number of halogens is 1. The monoisotopic (exact) mass is 158 g/mol. The zero-order valence-electron chi connectivity index (χ0n) is 6.95. The fourth-order valence-corrected chi connectivity index (χ4v) is 0.906. The first-order chi connectivity index (χ1) is 4.66. The van der Waals surface area contributed by atoms with Gasteiger partial charge in [0.1, 0.15) is 0 Å². The predicted molar refractivity (Wildman–Crippen MR) is 48.5 cm³/mol. The maximum Gasteiger partial charge on any atom is 0.0258 e. The Morgan fingerprint density at radius 2 is 1.90 bits per heavy atom. The number of hydrogen-bond donors (Lipinski definition) is 0. The summed E-state index contributed by atoms with van der Waals surface area (Å²) in [7, 11) is 0. The maximum atomic E-state index is 5.52. The summed E-state index contributed by atoms with van der Waals surface area (Å²) in [4.78, 5) is 0. The second kappa shape index (κ2) is 5.55. The van der Waals surface area contributed by atoms with E-state index in [1.807, 2.05) is 0 Å². The minimum absolute atomic E-state index is 0.716. The molecule has 0 amide bonds. The molecule has 0 fully saturated rings. The van der Waals surface area contributed by atoms with Gasteiger partial charge in [-0.1, -0.05) is 23.3 Å². The van der Waals surface area contributed by atoms with E-state index in [4.69, 9.17) is 11.6 Å². The van der Waals surface area contributed by atoms with Crippen molar-refractivity contribution in [1.82, 2.24) is 0 Å². The lowest BCUT2D eigenvalue weighted by Gasteiger charge is -1.92. The molecule has 0 bridgehead atoms. The highest BCUT2D eigenvalue weighted by Gasteiger charge is 1.82. The molecular weight excluding hydrogens is 144 g/mol. The zero-order valence-corrected chi connectivity index (χ0v) is 7.70. The van der Waals surface area contributed by atoms with Crippen molar-refractivity contribution in [1.29, 1.82) is 0 Å². The lowest BCUT2D eigenvalue weighted by molar-refractivity contribution is 1.20. The van der Waals surface area contributed by atoms with Gasteiger partial charge in [-0.15, -0.1) is 11.6 Å². The van der Waals surface area contributed by atoms with Gasteiger partial charge in [0.2, 0.25) is 0 Å². The van der Waals surface area contributed by atoms with E-state index in [1.54, 1.807) is 0 Å². The average molecular weight is 159 g/mol. The number of alkyl halides is 1. The molecular formula is C9H15Cl. The smallest absolute Gasteiger partial charge is 0.0258 e. The van der Waals surface area contributed by atoms with Gasteiger partial charge in [0.25, 0.3) is 0 Å². The standard InChI is InChI=1S/C9H15Cl/c1-8(2)7-9(3)5-4-6-10/h5,7H,4,6H2,1-3H3/b9-5+. The van der Waals surface area contributed by atoms with Crippen LogP contribution in [0.15, 0.2) is 23.3 Å². The van der Waals surface area contributed by atoms with Crippen LogP contribution < -0.4 is 0 Å². The fourth-order valence-electron chi connectivity index (χ4n) is 0.796. The molecule has 0 aliphatic heterocycles. The van der Waals surface area contributed by atoms with Gasteiger partial charge in [-0.25, -0.2) is 0 Å². The molecule has 0 aromatic heterocycles. The quantitative estimate of drug-likeness (QED) is 0.436. The third kappa shape index (κ3) is 5.90. The maximum absolute atomic E-state index is 5.52. The van der Waals surface area contributed by atoms with Gasteiger partial charge in [0, 0.05) is 5.88 Å². The molecule has 0 N–H and O–H groups in total. The molecule has 0 radical (unpaired) electrons. The molecule has 0 aliphatic carbocycles. The van der Waals surface area contributed by atoms with E-state index in [2.05, 4.69) is 32.9 Å². The third-order valence-electron chi connectivity index (χ3n) is 1.09. The summed E-state index contributed by atoms with van der Waals surface area (Å²) in [5.74, 6) is 0.716. The van der Waals surface area contributed by atoms with Crippen LogP contribution in [0.1, 0.15) is 27.2 Å². The number of hydrogen-bond acceptors (Lipinski definition) is 0. The van der Waals surface area contributed by atoms with E-state index < -0.39 is 0 Å². The highest BCUT2D eigenvalue weighted by molar-refractivity contribution is 6.17. The topological polar surface area (TPSA) is 0 Å². The van der Waals surface area contributed by atoms with Crippen molar-refractivity contribution in [3.63, 3.8) is 0 Å². The predicted octanol–water partition coefficient (Wildman–Crippen LogP) is 3.53. The van der Waals surface area contributed by atoms with Crippen molar-refractivity contribution in [2.75, 3.05) is 5.88 Å². The normalized spacial score (nSPS) is 11.4. The van der Waals surface area contributed by atoms with Gasteiger partial charge < -0.3 is 0 Å². The van der Waals surface area contributed by atoms with Crippen molar-refractivity contribution >= 4 is 11.6 Å². The molecule has 10 heavy (non-hydrogen) atoms. The Labute approximate surface area is 68.6 Å². The van der Waals surface area contributed by atoms with Crippen LogP contribution in [0.25, 0.3) is 0 Å². The first-order valence-electron chi connectivity index (χ1n) is 3.54. The highest BCUT2D eigenvalue weighted by Crippen LogP contribution is 2.02. The Balaban J connectivity index is 3.82. The molecule has 0 nitrogen and oxygen atoms in total. The van der Waals surface area contributed by atoms with Crippen LogP contribution in [0.5, 0.6) is 0 Å². The summed E-state index contributed by atoms with van der Waals surface area (Å²) in [6.07, 6.45) is 5.28. The molecule has 1 heteroatoms. The van der Waals surface area contributed by atoms with E-state index in [1.165, 1.54) is 11.1 Å².